The molecule has 0 aromatic heterocycles. The number of nitrogens with zero attached hydrogens (tertiary/aromatic N) is 1. The van der Waals surface area contributed by atoms with Crippen LogP contribution in [-0.4, -0.2) is 47.4 Å². The number of amides is 4. The topological polar surface area (TPSA) is 90.5 Å². The molecule has 128 valence electrons. The lowest BCUT2D eigenvalue weighted by atomic mass is 10.1. The van der Waals surface area contributed by atoms with Gasteiger partial charge in [0, 0.05) is 6.54 Å². The Morgan fingerprint density at radius 1 is 1.29 bits per heavy atom. The number of benzene rings is 1. The summed E-state index contributed by atoms with van der Waals surface area (Å²) in [4.78, 5) is 37.8. The first-order valence-corrected chi connectivity index (χ1v) is 8.25. The van der Waals surface area contributed by atoms with Crippen molar-refractivity contribution in [1.82, 2.24) is 15.5 Å². The normalized spacial score (nSPS) is 26.0. The molecule has 4 amide bonds. The molecule has 2 fully saturated rings. The lowest BCUT2D eigenvalue weighted by Crippen LogP contribution is -2.60. The first kappa shape index (κ1) is 16.9. The lowest BCUT2D eigenvalue weighted by Gasteiger charge is -2.32. The van der Waals surface area contributed by atoms with Gasteiger partial charge in [-0.15, -0.1) is 0 Å². The second kappa shape index (κ2) is 6.49. The predicted molar refractivity (Wildman–Crippen MR) is 90.1 cm³/mol. The van der Waals surface area contributed by atoms with Crippen LogP contribution in [0.25, 0.3) is 0 Å². The molecule has 9 heteroatoms. The second-order valence-electron chi connectivity index (χ2n) is 5.86. The molecule has 0 spiro atoms. The molecule has 2 saturated heterocycles. The van der Waals surface area contributed by atoms with Crippen molar-refractivity contribution < 1.29 is 14.4 Å². The highest BCUT2D eigenvalue weighted by Crippen LogP contribution is 2.30. The molecule has 24 heavy (non-hydrogen) atoms. The van der Waals surface area contributed by atoms with Crippen molar-refractivity contribution in [3.05, 3.63) is 28.2 Å². The molecule has 0 saturated carbocycles. The fraction of sp³-hybridized carbons (Fsp3) is 0.400. The minimum atomic E-state index is -0.539. The fourth-order valence-electron chi connectivity index (χ4n) is 3.00. The standard InChI is InChI=1S/C15H16Cl2N4O3/c1-7-14(23)21-6-8(5-11(21)13(22)18-7)19-15(24)20-12-9(16)3-2-4-10(12)17/h2-4,7-8,11H,5-6H2,1H3,(H,18,22)(H2,19,20,24)/t7-,8+,11+/m1/s1. The smallest absolute Gasteiger partial charge is 0.319 e. The van der Waals surface area contributed by atoms with Gasteiger partial charge in [0.2, 0.25) is 11.8 Å². The third kappa shape index (κ3) is 3.14. The summed E-state index contributed by atoms with van der Waals surface area (Å²) in [5, 5.41) is 8.64. The number of para-hydroxylation sites is 1. The molecule has 0 bridgehead atoms. The number of carbonyl (C=O) groups is 3. The molecule has 3 atom stereocenters. The fourth-order valence-corrected chi connectivity index (χ4v) is 3.50. The van der Waals surface area contributed by atoms with E-state index in [2.05, 4.69) is 16.0 Å². The van der Waals surface area contributed by atoms with Crippen molar-refractivity contribution in [3.63, 3.8) is 0 Å². The minimum absolute atomic E-state index is 0.140. The van der Waals surface area contributed by atoms with E-state index in [1.807, 2.05) is 0 Å². The molecule has 2 heterocycles. The Hall–Kier alpha value is -1.99. The summed E-state index contributed by atoms with van der Waals surface area (Å²) in [7, 11) is 0. The summed E-state index contributed by atoms with van der Waals surface area (Å²) in [5.74, 6) is -0.334. The minimum Gasteiger partial charge on any atom is -0.343 e. The third-order valence-electron chi connectivity index (χ3n) is 4.15. The van der Waals surface area contributed by atoms with Gasteiger partial charge in [0.05, 0.1) is 21.8 Å². The maximum Gasteiger partial charge on any atom is 0.319 e. The average Bonchev–Trinajstić information content (AvgIpc) is 2.93. The van der Waals surface area contributed by atoms with Crippen molar-refractivity contribution in [2.75, 3.05) is 11.9 Å². The number of rotatable bonds is 2. The van der Waals surface area contributed by atoms with Crippen LogP contribution in [0.1, 0.15) is 13.3 Å². The molecule has 3 rings (SSSR count). The number of anilines is 1. The van der Waals surface area contributed by atoms with E-state index in [1.165, 1.54) is 4.90 Å². The van der Waals surface area contributed by atoms with Crippen molar-refractivity contribution in [2.24, 2.45) is 0 Å². The van der Waals surface area contributed by atoms with E-state index >= 15 is 0 Å². The number of urea groups is 1. The van der Waals surface area contributed by atoms with Crippen LogP contribution in [0.15, 0.2) is 18.2 Å². The molecule has 2 aliphatic rings. The molecule has 1 aromatic rings. The van der Waals surface area contributed by atoms with Crippen LogP contribution >= 0.6 is 23.2 Å². The van der Waals surface area contributed by atoms with E-state index in [4.69, 9.17) is 23.2 Å². The summed E-state index contributed by atoms with van der Waals surface area (Å²) in [6.45, 7) is 1.94. The van der Waals surface area contributed by atoms with Gasteiger partial charge < -0.3 is 20.9 Å². The number of halogens is 2. The molecule has 0 unspecified atom stereocenters. The van der Waals surface area contributed by atoms with E-state index < -0.39 is 18.1 Å². The zero-order valence-electron chi connectivity index (χ0n) is 12.8. The Kier molecular flexibility index (Phi) is 4.56. The van der Waals surface area contributed by atoms with Crippen LogP contribution in [0.2, 0.25) is 10.0 Å². The zero-order valence-corrected chi connectivity index (χ0v) is 14.3. The van der Waals surface area contributed by atoms with Crippen molar-refractivity contribution in [3.8, 4) is 0 Å². The molecular formula is C15H16Cl2N4O3. The molecule has 2 aliphatic heterocycles. The van der Waals surface area contributed by atoms with E-state index in [1.54, 1.807) is 25.1 Å². The van der Waals surface area contributed by atoms with Gasteiger partial charge >= 0.3 is 6.03 Å². The molecule has 0 radical (unpaired) electrons. The van der Waals surface area contributed by atoms with Gasteiger partial charge in [-0.25, -0.2) is 4.79 Å². The van der Waals surface area contributed by atoms with Crippen molar-refractivity contribution in [2.45, 2.75) is 31.5 Å². The third-order valence-corrected chi connectivity index (χ3v) is 4.78. The van der Waals surface area contributed by atoms with Crippen molar-refractivity contribution >= 4 is 46.7 Å². The Labute approximate surface area is 148 Å². The van der Waals surface area contributed by atoms with Crippen LogP contribution in [0.4, 0.5) is 10.5 Å². The Morgan fingerprint density at radius 3 is 2.62 bits per heavy atom. The van der Waals surface area contributed by atoms with Crippen LogP contribution in [0, 0.1) is 0 Å². The summed E-state index contributed by atoms with van der Waals surface area (Å²) >= 11 is 12.0. The number of fused-ring (bicyclic) bond motifs is 1. The van der Waals surface area contributed by atoms with E-state index in [0.717, 1.165) is 0 Å². The van der Waals surface area contributed by atoms with Gasteiger partial charge in [-0.1, -0.05) is 29.3 Å². The largest absolute Gasteiger partial charge is 0.343 e. The summed E-state index contributed by atoms with van der Waals surface area (Å²) < 4.78 is 0. The van der Waals surface area contributed by atoms with Gasteiger partial charge in [-0.2, -0.15) is 0 Å². The molecular weight excluding hydrogens is 355 g/mol. The molecule has 3 N–H and O–H groups in total. The number of nitrogens with one attached hydrogen (secondary N) is 3. The predicted octanol–water partition coefficient (Wildman–Crippen LogP) is 1.60. The Bertz CT molecular complexity index is 692. The molecule has 0 aliphatic carbocycles. The van der Waals surface area contributed by atoms with E-state index in [9.17, 15) is 14.4 Å². The Morgan fingerprint density at radius 2 is 1.96 bits per heavy atom. The first-order valence-electron chi connectivity index (χ1n) is 7.49. The Balaban J connectivity index is 1.64. The van der Waals surface area contributed by atoms with Gasteiger partial charge in [0.1, 0.15) is 12.1 Å². The van der Waals surface area contributed by atoms with Gasteiger partial charge in [0.25, 0.3) is 0 Å². The van der Waals surface area contributed by atoms with Gasteiger partial charge in [-0.3, -0.25) is 9.59 Å². The second-order valence-corrected chi connectivity index (χ2v) is 6.68. The number of hydrogen-bond acceptors (Lipinski definition) is 3. The monoisotopic (exact) mass is 370 g/mol. The van der Waals surface area contributed by atoms with E-state index in [0.29, 0.717) is 28.7 Å². The highest BCUT2D eigenvalue weighted by atomic mass is 35.5. The summed E-state index contributed by atoms with van der Waals surface area (Å²) in [5.41, 5.74) is 0.316. The SMILES string of the molecule is C[C@H]1NC(=O)[C@@H]2C[C@H](NC(=O)Nc3c(Cl)cccc3Cl)CN2C1=O. The van der Waals surface area contributed by atoms with Crippen LogP contribution < -0.4 is 16.0 Å². The quantitative estimate of drug-likeness (QED) is 0.738. The molecule has 1 aromatic carbocycles. The summed E-state index contributed by atoms with van der Waals surface area (Å²) in [6.07, 6.45) is 0.369. The maximum absolute atomic E-state index is 12.2. The first-order chi connectivity index (χ1) is 11.4. The molecule has 7 nitrogen and oxygen atoms in total. The van der Waals surface area contributed by atoms with Crippen LogP contribution in [0.3, 0.4) is 0 Å². The van der Waals surface area contributed by atoms with Crippen molar-refractivity contribution in [1.29, 1.82) is 0 Å². The highest BCUT2D eigenvalue weighted by Gasteiger charge is 2.45. The summed E-state index contributed by atoms with van der Waals surface area (Å²) in [6, 6.07) is 3.01. The van der Waals surface area contributed by atoms with Crippen LogP contribution in [-0.2, 0) is 9.59 Å². The van der Waals surface area contributed by atoms with Gasteiger partial charge in [-0.05, 0) is 25.5 Å². The zero-order chi connectivity index (χ0) is 17.4. The number of carbonyl (C=O) groups excluding carboxylic acids is 3. The number of hydrogen-bond donors (Lipinski definition) is 3. The average molecular weight is 371 g/mol. The van der Waals surface area contributed by atoms with Crippen LogP contribution in [0.5, 0.6) is 0 Å². The lowest BCUT2D eigenvalue weighted by molar-refractivity contribution is -0.146. The highest BCUT2D eigenvalue weighted by molar-refractivity contribution is 6.39. The van der Waals surface area contributed by atoms with Gasteiger partial charge in [0.15, 0.2) is 0 Å². The maximum atomic E-state index is 12.2. The number of piperazine rings is 1. The van der Waals surface area contributed by atoms with E-state index in [-0.39, 0.29) is 17.9 Å².